The Bertz CT molecular complexity index is 1450. The van der Waals surface area contributed by atoms with E-state index < -0.39 is 79.7 Å². The lowest BCUT2D eigenvalue weighted by atomic mass is 10.0. The van der Waals surface area contributed by atoms with E-state index >= 15 is 0 Å². The van der Waals surface area contributed by atoms with E-state index in [1.54, 1.807) is 6.20 Å². The van der Waals surface area contributed by atoms with Gasteiger partial charge in [0.15, 0.2) is 0 Å². The van der Waals surface area contributed by atoms with Crippen LogP contribution in [0.1, 0.15) is 5.56 Å². The number of carboxylic acid groups (broad SMARTS) is 1. The van der Waals surface area contributed by atoms with Crippen LogP contribution in [0.25, 0.3) is 10.9 Å². The Labute approximate surface area is 272 Å². The molecule has 1 heterocycles. The molecule has 0 saturated heterocycles. The summed E-state index contributed by atoms with van der Waals surface area (Å²) >= 11 is 4.18. The number of aromatic nitrogens is 1. The van der Waals surface area contributed by atoms with Crippen molar-refractivity contribution in [1.82, 2.24) is 34.8 Å². The van der Waals surface area contributed by atoms with Crippen molar-refractivity contribution in [3.8, 4) is 0 Å². The van der Waals surface area contributed by atoms with E-state index in [4.69, 9.17) is 10.8 Å². The molecule has 6 amide bonds. The second-order valence-corrected chi connectivity index (χ2v) is 11.4. The van der Waals surface area contributed by atoms with Crippen molar-refractivity contribution < 1.29 is 38.7 Å². The number of nitrogens with one attached hydrogen (secondary N) is 2. The zero-order chi connectivity index (χ0) is 34.7. The van der Waals surface area contributed by atoms with Gasteiger partial charge >= 0.3 is 5.97 Å². The number of likely N-dealkylation sites (N-methyl/N-ethyl adjacent to an activating group) is 5. The fourth-order valence-electron chi connectivity index (χ4n) is 4.29. The van der Waals surface area contributed by atoms with Crippen LogP contribution in [0.15, 0.2) is 30.5 Å². The van der Waals surface area contributed by atoms with Gasteiger partial charge in [0.2, 0.25) is 35.4 Å². The molecule has 0 saturated carbocycles. The van der Waals surface area contributed by atoms with Crippen LogP contribution in [0, 0.1) is 0 Å². The van der Waals surface area contributed by atoms with Crippen LogP contribution < -0.4 is 11.1 Å². The molecule has 1 aromatic carbocycles. The smallest absolute Gasteiger partial charge is 0.323 e. The van der Waals surface area contributed by atoms with E-state index in [1.807, 2.05) is 24.3 Å². The molecule has 2 aromatic rings. The molecular weight excluding hydrogens is 620 g/mol. The van der Waals surface area contributed by atoms with Gasteiger partial charge in [-0.25, -0.2) is 0 Å². The molecule has 17 heteroatoms. The fraction of sp³-hybridized carbons (Fsp3) is 0.483. The number of aromatic amines is 1. The lowest BCUT2D eigenvalue weighted by Crippen LogP contribution is -2.54. The molecule has 252 valence electrons. The second-order valence-electron chi connectivity index (χ2n) is 11.0. The van der Waals surface area contributed by atoms with Crippen molar-refractivity contribution in [2.45, 2.75) is 18.5 Å². The molecule has 0 aliphatic rings. The van der Waals surface area contributed by atoms with Gasteiger partial charge in [-0.05, 0) is 18.1 Å². The van der Waals surface area contributed by atoms with Crippen LogP contribution in [0.3, 0.4) is 0 Å². The van der Waals surface area contributed by atoms with Gasteiger partial charge < -0.3 is 45.6 Å². The van der Waals surface area contributed by atoms with E-state index in [9.17, 15) is 33.6 Å². The van der Waals surface area contributed by atoms with Crippen LogP contribution in [0.5, 0.6) is 0 Å². The van der Waals surface area contributed by atoms with Crippen molar-refractivity contribution in [2.24, 2.45) is 5.73 Å². The number of hydrogen-bond acceptors (Lipinski definition) is 9. The number of hydrogen-bond donors (Lipinski definition) is 5. The van der Waals surface area contributed by atoms with Gasteiger partial charge in [0.1, 0.15) is 12.6 Å². The normalized spacial score (nSPS) is 12.1. The Hall–Kier alpha value is -4.64. The minimum absolute atomic E-state index is 0.0497. The van der Waals surface area contributed by atoms with E-state index in [0.717, 1.165) is 41.0 Å². The summed E-state index contributed by atoms with van der Waals surface area (Å²) in [6.45, 7) is -2.10. The first-order chi connectivity index (χ1) is 21.5. The van der Waals surface area contributed by atoms with Crippen LogP contribution in [-0.4, -0.2) is 162 Å². The molecule has 46 heavy (non-hydrogen) atoms. The van der Waals surface area contributed by atoms with E-state index in [0.29, 0.717) is 0 Å². The Morgan fingerprint density at radius 2 is 1.24 bits per heavy atom. The molecule has 2 atom stereocenters. The third kappa shape index (κ3) is 10.8. The van der Waals surface area contributed by atoms with Crippen LogP contribution in [0.2, 0.25) is 0 Å². The van der Waals surface area contributed by atoms with Gasteiger partial charge in [0, 0.05) is 58.1 Å². The maximum Gasteiger partial charge on any atom is 0.323 e. The third-order valence-electron chi connectivity index (χ3n) is 7.19. The molecule has 5 N–H and O–H groups in total. The molecule has 0 spiro atoms. The third-order valence-corrected chi connectivity index (χ3v) is 7.56. The number of carboxylic acids is 1. The number of para-hydroxylation sites is 1. The summed E-state index contributed by atoms with van der Waals surface area (Å²) in [4.78, 5) is 95.1. The van der Waals surface area contributed by atoms with Gasteiger partial charge in [0.25, 0.3) is 0 Å². The number of aliphatic carboxylic acids is 1. The maximum atomic E-state index is 13.0. The second kappa shape index (κ2) is 17.2. The van der Waals surface area contributed by atoms with Gasteiger partial charge in [-0.1, -0.05) is 18.2 Å². The molecule has 0 radical (unpaired) electrons. The van der Waals surface area contributed by atoms with E-state index in [2.05, 4.69) is 22.9 Å². The molecule has 0 aliphatic heterocycles. The molecule has 0 bridgehead atoms. The standard InChI is InChI=1S/C29H42N8O8S/c1-33(12-23(38)34(2)14-25(40)36(4)16-27(42)43)24(39)13-35(3)26(41)15-37(5)29(45)22(17-46)32-28(44)20(30)10-18-11-31-21-9-7-6-8-19(18)21/h6-9,11,20,22,31,46H,10,12-17,30H2,1-5H3,(H,32,44)(H,42,43)/t20-,22-/m0/s1. The van der Waals surface area contributed by atoms with Crippen molar-refractivity contribution in [3.63, 3.8) is 0 Å². The minimum Gasteiger partial charge on any atom is -0.480 e. The summed E-state index contributed by atoms with van der Waals surface area (Å²) < 4.78 is 0. The van der Waals surface area contributed by atoms with Gasteiger partial charge in [0.05, 0.1) is 32.2 Å². The number of H-pyrrole nitrogens is 1. The van der Waals surface area contributed by atoms with Gasteiger partial charge in [-0.15, -0.1) is 0 Å². The van der Waals surface area contributed by atoms with E-state index in [-0.39, 0.29) is 18.7 Å². The summed E-state index contributed by atoms with van der Waals surface area (Å²) in [6, 6.07) is 5.59. The van der Waals surface area contributed by atoms with Crippen LogP contribution >= 0.6 is 12.6 Å². The highest BCUT2D eigenvalue weighted by Crippen LogP contribution is 2.18. The van der Waals surface area contributed by atoms with E-state index in [1.165, 1.54) is 35.2 Å². The van der Waals surface area contributed by atoms with Crippen LogP contribution in [-0.2, 0) is 40.0 Å². The number of benzene rings is 1. The summed E-state index contributed by atoms with van der Waals surface area (Å²) in [5.41, 5.74) is 7.89. The molecule has 2 rings (SSSR count). The number of carbonyl (C=O) groups excluding carboxylic acids is 6. The SMILES string of the molecule is CN(CC(=O)O)C(=O)CN(C)C(=O)CN(C)C(=O)CN(C)C(=O)CN(C)C(=O)[C@H](CS)NC(=O)[C@@H](N)Cc1c[nH]c2ccccc12. The maximum absolute atomic E-state index is 13.0. The number of nitrogens with zero attached hydrogens (tertiary/aromatic N) is 5. The molecule has 16 nitrogen and oxygen atoms in total. The summed E-state index contributed by atoms with van der Waals surface area (Å²) in [7, 11) is 6.72. The predicted octanol–water partition coefficient (Wildman–Crippen LogP) is -2.17. The number of thiol groups is 1. The number of amides is 6. The number of nitrogens with two attached hydrogens (primary N) is 1. The van der Waals surface area contributed by atoms with Gasteiger partial charge in [-0.2, -0.15) is 12.6 Å². The summed E-state index contributed by atoms with van der Waals surface area (Å²) in [6.07, 6.45) is 2.01. The highest BCUT2D eigenvalue weighted by molar-refractivity contribution is 7.80. The summed E-state index contributed by atoms with van der Waals surface area (Å²) in [5.74, 6) is -4.71. The van der Waals surface area contributed by atoms with Crippen molar-refractivity contribution >= 4 is 64.9 Å². The first-order valence-electron chi connectivity index (χ1n) is 14.2. The Morgan fingerprint density at radius 1 is 0.783 bits per heavy atom. The molecule has 0 aliphatic carbocycles. The minimum atomic E-state index is -1.20. The number of fused-ring (bicyclic) bond motifs is 1. The average Bonchev–Trinajstić information content (AvgIpc) is 3.41. The highest BCUT2D eigenvalue weighted by Gasteiger charge is 2.28. The van der Waals surface area contributed by atoms with Crippen LogP contribution in [0.4, 0.5) is 0 Å². The Morgan fingerprint density at radius 3 is 1.72 bits per heavy atom. The topological polar surface area (TPSA) is 210 Å². The average molecular weight is 663 g/mol. The zero-order valence-electron chi connectivity index (χ0n) is 26.6. The number of carbonyl (C=O) groups is 7. The molecular formula is C29H42N8O8S. The van der Waals surface area contributed by atoms with Crippen molar-refractivity contribution in [3.05, 3.63) is 36.0 Å². The summed E-state index contributed by atoms with van der Waals surface area (Å²) in [5, 5.41) is 12.3. The van der Waals surface area contributed by atoms with Crippen molar-refractivity contribution in [2.75, 3.05) is 73.7 Å². The molecule has 1 aromatic heterocycles. The molecule has 0 fully saturated rings. The highest BCUT2D eigenvalue weighted by atomic mass is 32.1. The molecule has 0 unspecified atom stereocenters. The Balaban J connectivity index is 1.85. The largest absolute Gasteiger partial charge is 0.480 e. The van der Waals surface area contributed by atoms with Gasteiger partial charge in [-0.3, -0.25) is 33.6 Å². The fourth-order valence-corrected chi connectivity index (χ4v) is 4.54. The number of rotatable bonds is 16. The Kier molecular flexibility index (Phi) is 14.0. The predicted molar refractivity (Wildman–Crippen MR) is 172 cm³/mol. The quantitative estimate of drug-likeness (QED) is 0.124. The zero-order valence-corrected chi connectivity index (χ0v) is 27.5. The lowest BCUT2D eigenvalue weighted by molar-refractivity contribution is -0.146. The van der Waals surface area contributed by atoms with Crippen molar-refractivity contribution in [1.29, 1.82) is 0 Å². The lowest BCUT2D eigenvalue weighted by Gasteiger charge is -2.27. The monoisotopic (exact) mass is 662 g/mol. The first kappa shape index (κ1) is 37.5. The first-order valence-corrected chi connectivity index (χ1v) is 14.8.